The van der Waals surface area contributed by atoms with Crippen molar-refractivity contribution in [3.63, 3.8) is 0 Å². The Bertz CT molecular complexity index is 1250. The Morgan fingerprint density at radius 2 is 1.97 bits per heavy atom. The predicted octanol–water partition coefficient (Wildman–Crippen LogP) is 5.65. The van der Waals surface area contributed by atoms with Crippen molar-refractivity contribution in [1.29, 1.82) is 0 Å². The molecule has 0 saturated carbocycles. The summed E-state index contributed by atoms with van der Waals surface area (Å²) in [6.07, 6.45) is 1.77. The minimum Gasteiger partial charge on any atom is -0.486 e. The van der Waals surface area contributed by atoms with Crippen LogP contribution in [0.2, 0.25) is 0 Å². The van der Waals surface area contributed by atoms with E-state index in [1.807, 2.05) is 56.3 Å². The Morgan fingerprint density at radius 1 is 1.13 bits per heavy atom. The van der Waals surface area contributed by atoms with E-state index in [2.05, 4.69) is 28.3 Å². The fourth-order valence-electron chi connectivity index (χ4n) is 3.47. The number of hydrogen-bond acceptors (Lipinski definition) is 6. The maximum absolute atomic E-state index is 11.2. The molecule has 0 spiro atoms. The van der Waals surface area contributed by atoms with E-state index in [4.69, 9.17) is 9.15 Å². The number of anilines is 1. The average Bonchev–Trinajstić information content (AvgIpc) is 3.12. The van der Waals surface area contributed by atoms with E-state index in [9.17, 15) is 4.79 Å². The van der Waals surface area contributed by atoms with Gasteiger partial charge in [0.05, 0.1) is 18.0 Å². The Hall–Kier alpha value is -3.67. The third-order valence-corrected chi connectivity index (χ3v) is 5.07. The average molecular weight is 415 g/mol. The number of nitrogens with one attached hydrogen (secondary N) is 1. The summed E-state index contributed by atoms with van der Waals surface area (Å²) in [6.45, 7) is 7.55. The van der Waals surface area contributed by atoms with Crippen LogP contribution >= 0.6 is 0 Å². The molecule has 2 aromatic carbocycles. The molecule has 2 aromatic heterocycles. The number of aromatic nitrogens is 2. The minimum absolute atomic E-state index is 0.00984. The van der Waals surface area contributed by atoms with Crippen molar-refractivity contribution in [1.82, 2.24) is 9.97 Å². The zero-order valence-corrected chi connectivity index (χ0v) is 18.1. The van der Waals surface area contributed by atoms with Crippen molar-refractivity contribution < 1.29 is 13.9 Å². The molecule has 0 aliphatic carbocycles. The number of ether oxygens (including phenoxy) is 1. The number of fused-ring (bicyclic) bond motifs is 1. The molecule has 6 heteroatoms. The Balaban J connectivity index is 1.57. The highest BCUT2D eigenvalue weighted by atomic mass is 16.5. The van der Waals surface area contributed by atoms with E-state index in [0.717, 1.165) is 39.2 Å². The first kappa shape index (κ1) is 20.6. The highest BCUT2D eigenvalue weighted by Gasteiger charge is 2.12. The molecular formula is C25H25N3O3. The Labute approximate surface area is 181 Å². The zero-order valence-electron chi connectivity index (χ0n) is 18.1. The van der Waals surface area contributed by atoms with E-state index in [1.54, 1.807) is 6.26 Å². The number of Topliss-reactive ketones (excluding diaryl/α,β-unsaturated/α-hetero) is 1. The smallest absolute Gasteiger partial charge is 0.167 e. The van der Waals surface area contributed by atoms with Gasteiger partial charge in [0.2, 0.25) is 0 Å². The molecule has 0 bridgehead atoms. The Morgan fingerprint density at radius 3 is 2.77 bits per heavy atom. The van der Waals surface area contributed by atoms with Gasteiger partial charge in [-0.15, -0.1) is 0 Å². The molecule has 4 aromatic rings. The topological polar surface area (TPSA) is 77.2 Å². The van der Waals surface area contributed by atoms with Crippen molar-refractivity contribution in [2.45, 2.75) is 33.7 Å². The lowest BCUT2D eigenvalue weighted by atomic mass is 10.1. The van der Waals surface area contributed by atoms with Crippen molar-refractivity contribution in [3.05, 3.63) is 71.7 Å². The number of nitrogens with zero attached hydrogens (tertiary/aromatic N) is 2. The molecule has 4 rings (SSSR count). The number of hydrogen-bond donors (Lipinski definition) is 1. The highest BCUT2D eigenvalue weighted by Crippen LogP contribution is 2.29. The highest BCUT2D eigenvalue weighted by molar-refractivity contribution is 5.85. The van der Waals surface area contributed by atoms with Crippen LogP contribution in [0.4, 0.5) is 5.82 Å². The van der Waals surface area contributed by atoms with Gasteiger partial charge in [-0.2, -0.15) is 0 Å². The fourth-order valence-corrected chi connectivity index (χ4v) is 3.47. The van der Waals surface area contributed by atoms with E-state index in [1.165, 1.54) is 6.92 Å². The van der Waals surface area contributed by atoms with Crippen molar-refractivity contribution >= 4 is 22.6 Å². The molecule has 6 nitrogen and oxygen atoms in total. The third-order valence-electron chi connectivity index (χ3n) is 5.07. The van der Waals surface area contributed by atoms with Gasteiger partial charge < -0.3 is 14.5 Å². The summed E-state index contributed by atoms with van der Waals surface area (Å²) >= 11 is 0. The SMILES string of the molecule is CC(=O)COc1cccc(C(C)Nc2cc(-c3ccc4occ(C)c4c3)nc(C)n2)c1. The van der Waals surface area contributed by atoms with Gasteiger partial charge in [0.25, 0.3) is 0 Å². The monoisotopic (exact) mass is 415 g/mol. The molecule has 1 atom stereocenters. The number of benzene rings is 2. The molecule has 158 valence electrons. The van der Waals surface area contributed by atoms with Gasteiger partial charge >= 0.3 is 0 Å². The lowest BCUT2D eigenvalue weighted by Gasteiger charge is -2.17. The first-order valence-electron chi connectivity index (χ1n) is 10.2. The summed E-state index contributed by atoms with van der Waals surface area (Å²) in [6, 6.07) is 15.7. The number of carbonyl (C=O) groups excluding carboxylic acids is 1. The zero-order chi connectivity index (χ0) is 22.0. The number of ketones is 1. The molecule has 2 heterocycles. The molecular weight excluding hydrogens is 390 g/mol. The van der Waals surface area contributed by atoms with Crippen LogP contribution in [-0.2, 0) is 4.79 Å². The summed E-state index contributed by atoms with van der Waals surface area (Å²) in [7, 11) is 0. The molecule has 0 saturated heterocycles. The second kappa shape index (κ2) is 8.60. The molecule has 0 aliphatic heterocycles. The number of aryl methyl sites for hydroxylation is 2. The van der Waals surface area contributed by atoms with Crippen LogP contribution in [0.15, 0.2) is 59.2 Å². The van der Waals surface area contributed by atoms with Crippen LogP contribution in [0.25, 0.3) is 22.2 Å². The van der Waals surface area contributed by atoms with Crippen LogP contribution in [0.1, 0.15) is 36.8 Å². The summed E-state index contributed by atoms with van der Waals surface area (Å²) in [5.74, 6) is 2.10. The normalized spacial score (nSPS) is 12.0. The second-order valence-corrected chi connectivity index (χ2v) is 7.74. The van der Waals surface area contributed by atoms with Crippen molar-refractivity contribution in [2.75, 3.05) is 11.9 Å². The third kappa shape index (κ3) is 4.74. The van der Waals surface area contributed by atoms with Crippen molar-refractivity contribution in [2.24, 2.45) is 0 Å². The number of carbonyl (C=O) groups is 1. The first-order valence-corrected chi connectivity index (χ1v) is 10.2. The molecule has 0 fully saturated rings. The van der Waals surface area contributed by atoms with Gasteiger partial charge in [0.1, 0.15) is 29.6 Å². The lowest BCUT2D eigenvalue weighted by Crippen LogP contribution is -2.10. The number of furan rings is 1. The van der Waals surface area contributed by atoms with Crippen LogP contribution in [0, 0.1) is 13.8 Å². The Kier molecular flexibility index (Phi) is 5.71. The van der Waals surface area contributed by atoms with Crippen LogP contribution < -0.4 is 10.1 Å². The van der Waals surface area contributed by atoms with Crippen molar-refractivity contribution in [3.8, 4) is 17.0 Å². The molecule has 0 aliphatic rings. The largest absolute Gasteiger partial charge is 0.486 e. The van der Waals surface area contributed by atoms with Crippen LogP contribution in [0.3, 0.4) is 0 Å². The first-order chi connectivity index (χ1) is 14.9. The van der Waals surface area contributed by atoms with Gasteiger partial charge in [0.15, 0.2) is 5.78 Å². The van der Waals surface area contributed by atoms with Gasteiger partial charge in [0, 0.05) is 17.0 Å². The maximum atomic E-state index is 11.2. The summed E-state index contributed by atoms with van der Waals surface area (Å²) in [4.78, 5) is 20.4. The lowest BCUT2D eigenvalue weighted by molar-refractivity contribution is -0.118. The molecule has 1 N–H and O–H groups in total. The van der Waals surface area contributed by atoms with E-state index in [-0.39, 0.29) is 18.4 Å². The van der Waals surface area contributed by atoms with E-state index in [0.29, 0.717) is 11.6 Å². The quantitative estimate of drug-likeness (QED) is 0.420. The van der Waals surface area contributed by atoms with Crippen LogP contribution in [0.5, 0.6) is 5.75 Å². The summed E-state index contributed by atoms with van der Waals surface area (Å²) in [5, 5.41) is 4.54. The number of rotatable bonds is 7. The van der Waals surface area contributed by atoms with Gasteiger partial charge in [-0.3, -0.25) is 4.79 Å². The summed E-state index contributed by atoms with van der Waals surface area (Å²) in [5.41, 5.74) is 4.86. The second-order valence-electron chi connectivity index (χ2n) is 7.74. The van der Waals surface area contributed by atoms with E-state index < -0.39 is 0 Å². The molecule has 0 radical (unpaired) electrons. The molecule has 1 unspecified atom stereocenters. The fraction of sp³-hybridized carbons (Fsp3) is 0.240. The maximum Gasteiger partial charge on any atom is 0.167 e. The van der Waals surface area contributed by atoms with Gasteiger partial charge in [-0.1, -0.05) is 12.1 Å². The van der Waals surface area contributed by atoms with Gasteiger partial charge in [-0.25, -0.2) is 9.97 Å². The van der Waals surface area contributed by atoms with Crippen LogP contribution in [-0.4, -0.2) is 22.4 Å². The molecule has 31 heavy (non-hydrogen) atoms. The summed E-state index contributed by atoms with van der Waals surface area (Å²) < 4.78 is 11.1. The molecule has 0 amide bonds. The minimum atomic E-state index is -0.0124. The predicted molar refractivity (Wildman–Crippen MR) is 121 cm³/mol. The standard InChI is InChI=1S/C25H25N3O3/c1-15-13-31-24-9-8-20(11-22(15)24)23-12-25(28-18(4)27-23)26-17(3)19-6-5-7-21(10-19)30-14-16(2)29/h5-13,17H,14H2,1-4H3,(H,26,27,28). The van der Waals surface area contributed by atoms with Gasteiger partial charge in [-0.05, 0) is 69.2 Å². The van der Waals surface area contributed by atoms with E-state index >= 15 is 0 Å².